The third kappa shape index (κ3) is 5.72. The molecule has 2 aromatic carbocycles. The summed E-state index contributed by atoms with van der Waals surface area (Å²) in [5, 5.41) is 0. The number of hydrogen-bond donors (Lipinski definition) is 2. The van der Waals surface area contributed by atoms with Crippen molar-refractivity contribution < 1.29 is 30.8 Å². The van der Waals surface area contributed by atoms with Gasteiger partial charge in [0.25, 0.3) is 10.0 Å². The van der Waals surface area contributed by atoms with Gasteiger partial charge in [0, 0.05) is 0 Å². The van der Waals surface area contributed by atoms with Crippen molar-refractivity contribution >= 4 is 31.7 Å². The van der Waals surface area contributed by atoms with Crippen LogP contribution in [0.2, 0.25) is 0 Å². The van der Waals surface area contributed by atoms with Crippen molar-refractivity contribution in [3.63, 3.8) is 0 Å². The summed E-state index contributed by atoms with van der Waals surface area (Å²) in [6.07, 6.45) is 1.43. The standard InChI is InChI=1S/C20H20N2O7S2/c1-2-28-20(23)15-8-10-18(11-9-15)31(26,27)22-16-5-3-7-19(13-16)30(24,25)21-14-17-6-4-12-29-17/h3-13,21-22H,2,14H2,1H3. The van der Waals surface area contributed by atoms with Gasteiger partial charge in [0.1, 0.15) is 5.76 Å². The number of furan rings is 1. The van der Waals surface area contributed by atoms with Crippen LogP contribution in [0, 0.1) is 0 Å². The first kappa shape index (κ1) is 22.5. The number of hydrogen-bond acceptors (Lipinski definition) is 7. The second kappa shape index (κ2) is 9.33. The maximum Gasteiger partial charge on any atom is 0.338 e. The molecular formula is C20H20N2O7S2. The van der Waals surface area contributed by atoms with Crippen LogP contribution >= 0.6 is 0 Å². The lowest BCUT2D eigenvalue weighted by Crippen LogP contribution is -2.23. The highest BCUT2D eigenvalue weighted by Gasteiger charge is 2.19. The molecule has 0 unspecified atom stereocenters. The minimum Gasteiger partial charge on any atom is -0.468 e. The predicted molar refractivity (Wildman–Crippen MR) is 112 cm³/mol. The largest absolute Gasteiger partial charge is 0.468 e. The Labute approximate surface area is 180 Å². The van der Waals surface area contributed by atoms with E-state index in [1.165, 1.54) is 54.8 Å². The van der Waals surface area contributed by atoms with Crippen LogP contribution in [0.3, 0.4) is 0 Å². The summed E-state index contributed by atoms with van der Waals surface area (Å²) in [5.41, 5.74) is 0.284. The number of anilines is 1. The molecule has 0 radical (unpaired) electrons. The summed E-state index contributed by atoms with van der Waals surface area (Å²) in [5.74, 6) is -0.119. The Kier molecular flexibility index (Phi) is 6.78. The molecule has 1 heterocycles. The number of rotatable bonds is 9. The monoisotopic (exact) mass is 464 g/mol. The van der Waals surface area contributed by atoms with Gasteiger partial charge in [-0.05, 0) is 61.5 Å². The zero-order valence-corrected chi connectivity index (χ0v) is 18.1. The second-order valence-corrected chi connectivity index (χ2v) is 9.73. The molecular weight excluding hydrogens is 444 g/mol. The lowest BCUT2D eigenvalue weighted by atomic mass is 10.2. The van der Waals surface area contributed by atoms with Crippen LogP contribution in [0.5, 0.6) is 0 Å². The fraction of sp³-hybridized carbons (Fsp3) is 0.150. The molecule has 11 heteroatoms. The molecule has 0 amide bonds. The third-order valence-electron chi connectivity index (χ3n) is 4.09. The molecule has 2 N–H and O–H groups in total. The first-order chi connectivity index (χ1) is 14.7. The number of carbonyl (C=O) groups excluding carboxylic acids is 1. The molecule has 0 aliphatic carbocycles. The van der Waals surface area contributed by atoms with Gasteiger partial charge >= 0.3 is 5.97 Å². The molecule has 3 rings (SSSR count). The van der Waals surface area contributed by atoms with E-state index in [0.717, 1.165) is 0 Å². The Hall–Kier alpha value is -3.15. The first-order valence-electron chi connectivity index (χ1n) is 9.13. The predicted octanol–water partition coefficient (Wildman–Crippen LogP) is 2.74. The molecule has 0 fully saturated rings. The quantitative estimate of drug-likeness (QED) is 0.465. The number of benzene rings is 2. The van der Waals surface area contributed by atoms with Crippen molar-refractivity contribution in [3.05, 3.63) is 78.3 Å². The second-order valence-electron chi connectivity index (χ2n) is 6.28. The molecule has 3 aromatic rings. The normalized spacial score (nSPS) is 11.8. The molecule has 0 bridgehead atoms. The Bertz CT molecular complexity index is 1250. The van der Waals surface area contributed by atoms with E-state index in [-0.39, 0.29) is 34.2 Å². The zero-order valence-electron chi connectivity index (χ0n) is 16.4. The number of esters is 1. The summed E-state index contributed by atoms with van der Waals surface area (Å²) < 4.78 is 65.0. The van der Waals surface area contributed by atoms with Crippen molar-refractivity contribution in [2.45, 2.75) is 23.3 Å². The summed E-state index contributed by atoms with van der Waals surface area (Å²) in [6, 6.07) is 13.9. The van der Waals surface area contributed by atoms with Crippen LogP contribution in [-0.4, -0.2) is 29.4 Å². The SMILES string of the molecule is CCOC(=O)c1ccc(S(=O)(=O)Nc2cccc(S(=O)(=O)NCc3ccco3)c2)cc1. The minimum atomic E-state index is -4.01. The van der Waals surface area contributed by atoms with E-state index in [2.05, 4.69) is 9.44 Å². The van der Waals surface area contributed by atoms with Crippen LogP contribution in [0.15, 0.2) is 81.1 Å². The van der Waals surface area contributed by atoms with Gasteiger partial charge in [-0.15, -0.1) is 0 Å². The van der Waals surface area contributed by atoms with E-state index in [1.54, 1.807) is 19.1 Å². The molecule has 0 aliphatic heterocycles. The maximum absolute atomic E-state index is 12.6. The molecule has 0 spiro atoms. The van der Waals surface area contributed by atoms with E-state index >= 15 is 0 Å². The van der Waals surface area contributed by atoms with Gasteiger partial charge in [0.05, 0.1) is 40.5 Å². The number of carbonyl (C=O) groups is 1. The van der Waals surface area contributed by atoms with E-state index in [1.807, 2.05) is 0 Å². The molecule has 0 atom stereocenters. The molecule has 1 aromatic heterocycles. The van der Waals surface area contributed by atoms with E-state index < -0.39 is 26.0 Å². The van der Waals surface area contributed by atoms with Crippen LogP contribution < -0.4 is 9.44 Å². The van der Waals surface area contributed by atoms with Gasteiger partial charge in [-0.3, -0.25) is 4.72 Å². The number of sulfonamides is 2. The first-order valence-corrected chi connectivity index (χ1v) is 12.1. The highest BCUT2D eigenvalue weighted by Crippen LogP contribution is 2.20. The van der Waals surface area contributed by atoms with E-state index in [9.17, 15) is 21.6 Å². The van der Waals surface area contributed by atoms with E-state index in [0.29, 0.717) is 5.76 Å². The highest BCUT2D eigenvalue weighted by atomic mass is 32.2. The smallest absolute Gasteiger partial charge is 0.338 e. The van der Waals surface area contributed by atoms with Gasteiger partial charge in [-0.25, -0.2) is 26.4 Å². The van der Waals surface area contributed by atoms with Crippen LogP contribution in [0.4, 0.5) is 5.69 Å². The van der Waals surface area contributed by atoms with Gasteiger partial charge in [-0.1, -0.05) is 6.07 Å². The fourth-order valence-electron chi connectivity index (χ4n) is 2.59. The molecule has 164 valence electrons. The van der Waals surface area contributed by atoms with Crippen molar-refractivity contribution in [2.75, 3.05) is 11.3 Å². The number of nitrogens with one attached hydrogen (secondary N) is 2. The lowest BCUT2D eigenvalue weighted by molar-refractivity contribution is 0.0526. The summed E-state index contributed by atoms with van der Waals surface area (Å²) in [4.78, 5) is 11.5. The van der Waals surface area contributed by atoms with Crippen molar-refractivity contribution in [2.24, 2.45) is 0 Å². The van der Waals surface area contributed by atoms with Gasteiger partial charge < -0.3 is 9.15 Å². The Morgan fingerprint density at radius 2 is 1.68 bits per heavy atom. The average Bonchev–Trinajstić information content (AvgIpc) is 3.26. The van der Waals surface area contributed by atoms with Gasteiger partial charge in [0.15, 0.2) is 0 Å². The van der Waals surface area contributed by atoms with Gasteiger partial charge in [-0.2, -0.15) is 0 Å². The molecule has 9 nitrogen and oxygen atoms in total. The maximum atomic E-state index is 12.6. The summed E-state index contributed by atoms with van der Waals surface area (Å²) >= 11 is 0. The van der Waals surface area contributed by atoms with Crippen LogP contribution in [0.25, 0.3) is 0 Å². The highest BCUT2D eigenvalue weighted by molar-refractivity contribution is 7.92. The minimum absolute atomic E-state index is 0.0435. The van der Waals surface area contributed by atoms with E-state index in [4.69, 9.17) is 9.15 Å². The fourth-order valence-corrected chi connectivity index (χ4v) is 4.68. The Balaban J connectivity index is 1.75. The van der Waals surface area contributed by atoms with Crippen molar-refractivity contribution in [1.29, 1.82) is 0 Å². The summed E-state index contributed by atoms with van der Waals surface area (Å²) in [6.45, 7) is 1.83. The van der Waals surface area contributed by atoms with Crippen LogP contribution in [-0.2, 0) is 31.3 Å². The van der Waals surface area contributed by atoms with Crippen molar-refractivity contribution in [3.8, 4) is 0 Å². The summed E-state index contributed by atoms with van der Waals surface area (Å²) in [7, 11) is -7.91. The molecule has 0 aliphatic rings. The molecule has 31 heavy (non-hydrogen) atoms. The van der Waals surface area contributed by atoms with Crippen molar-refractivity contribution in [1.82, 2.24) is 4.72 Å². The third-order valence-corrected chi connectivity index (χ3v) is 6.88. The average molecular weight is 465 g/mol. The Morgan fingerprint density at radius 1 is 0.935 bits per heavy atom. The Morgan fingerprint density at radius 3 is 2.32 bits per heavy atom. The molecule has 0 saturated heterocycles. The van der Waals surface area contributed by atoms with Gasteiger partial charge in [0.2, 0.25) is 10.0 Å². The lowest BCUT2D eigenvalue weighted by Gasteiger charge is -2.11. The van der Waals surface area contributed by atoms with Crippen LogP contribution in [0.1, 0.15) is 23.0 Å². The zero-order chi connectivity index (χ0) is 22.5. The topological polar surface area (TPSA) is 132 Å². The molecule has 0 saturated carbocycles. The number of ether oxygens (including phenoxy) is 1.